The van der Waals surface area contributed by atoms with E-state index in [0.717, 1.165) is 17.0 Å². The molecule has 0 saturated heterocycles. The van der Waals surface area contributed by atoms with Gasteiger partial charge in [-0.1, -0.05) is 41.7 Å². The van der Waals surface area contributed by atoms with Crippen molar-refractivity contribution in [3.8, 4) is 5.75 Å². The maximum absolute atomic E-state index is 14.0. The molecule has 5 rings (SSSR count). The third-order valence-electron chi connectivity index (χ3n) is 6.33. The van der Waals surface area contributed by atoms with Crippen molar-refractivity contribution in [2.75, 3.05) is 18.6 Å². The van der Waals surface area contributed by atoms with E-state index >= 15 is 0 Å². The van der Waals surface area contributed by atoms with Crippen LogP contribution in [0.3, 0.4) is 0 Å². The van der Waals surface area contributed by atoms with Crippen LogP contribution >= 0.6 is 11.3 Å². The largest absolute Gasteiger partial charge is 0.466 e. The maximum atomic E-state index is 14.0. The summed E-state index contributed by atoms with van der Waals surface area (Å²) in [7, 11) is 1.27. The second kappa shape index (κ2) is 9.29. The highest BCUT2D eigenvalue weighted by Gasteiger charge is 2.36. The van der Waals surface area contributed by atoms with E-state index in [4.69, 9.17) is 9.47 Å². The van der Waals surface area contributed by atoms with E-state index in [-0.39, 0.29) is 16.0 Å². The van der Waals surface area contributed by atoms with E-state index in [2.05, 4.69) is 4.99 Å². The first-order valence-electron chi connectivity index (χ1n) is 11.6. The number of para-hydroxylation sites is 1. The van der Waals surface area contributed by atoms with Gasteiger partial charge in [0.05, 0.1) is 35.7 Å². The second-order valence-electron chi connectivity index (χ2n) is 8.50. The number of rotatable bonds is 4. The van der Waals surface area contributed by atoms with Crippen LogP contribution in [0.4, 0.5) is 5.69 Å². The zero-order valence-corrected chi connectivity index (χ0v) is 21.4. The number of ether oxygens (including phenoxy) is 2. The molecule has 2 aliphatic rings. The number of amides is 1. The van der Waals surface area contributed by atoms with Gasteiger partial charge in [0.2, 0.25) is 0 Å². The second-order valence-corrected chi connectivity index (χ2v) is 9.48. The average molecular weight is 518 g/mol. The zero-order valence-electron chi connectivity index (χ0n) is 20.6. The number of carbonyl (C=O) groups is 3. The minimum atomic E-state index is -0.849. The number of methoxy groups -OCH3 is 1. The number of hydrogen-bond acceptors (Lipinski definition) is 8. The summed E-state index contributed by atoms with van der Waals surface area (Å²) in [5.41, 5.74) is 2.54. The molecule has 0 unspecified atom stereocenters. The number of fused-ring (bicyclic) bond motifs is 2. The highest BCUT2D eigenvalue weighted by molar-refractivity contribution is 7.07. The summed E-state index contributed by atoms with van der Waals surface area (Å²) in [6.07, 6.45) is 0. The minimum Gasteiger partial charge on any atom is -0.466 e. The van der Waals surface area contributed by atoms with Crippen LogP contribution in [0.5, 0.6) is 5.75 Å². The molecular weight excluding hydrogens is 494 g/mol. The smallest absolute Gasteiger partial charge is 0.338 e. The van der Waals surface area contributed by atoms with Gasteiger partial charge in [-0.3, -0.25) is 19.0 Å². The topological polar surface area (TPSA) is 107 Å². The predicted molar refractivity (Wildman–Crippen MR) is 137 cm³/mol. The molecule has 0 spiro atoms. The van der Waals surface area contributed by atoms with Crippen molar-refractivity contribution in [2.45, 2.75) is 26.8 Å². The first kappa shape index (κ1) is 24.4. The Labute approximate surface area is 215 Å². The summed E-state index contributed by atoms with van der Waals surface area (Å²) in [5, 5.41) is 0. The first-order chi connectivity index (χ1) is 17.8. The van der Waals surface area contributed by atoms with Gasteiger partial charge < -0.3 is 14.4 Å². The maximum Gasteiger partial charge on any atom is 0.338 e. The van der Waals surface area contributed by atoms with Gasteiger partial charge in [-0.15, -0.1) is 0 Å². The lowest BCUT2D eigenvalue weighted by atomic mass is 9.96. The number of hydrogen-bond donors (Lipinski definition) is 0. The Balaban J connectivity index is 1.78. The summed E-state index contributed by atoms with van der Waals surface area (Å²) in [4.78, 5) is 58.2. The fourth-order valence-corrected chi connectivity index (χ4v) is 5.89. The normalized spacial score (nSPS) is 17.8. The summed E-state index contributed by atoms with van der Waals surface area (Å²) in [5.74, 6) is -0.997. The molecule has 2 aliphatic heterocycles. The van der Waals surface area contributed by atoms with Crippen molar-refractivity contribution >= 4 is 40.4 Å². The van der Waals surface area contributed by atoms with E-state index in [1.807, 2.05) is 31.2 Å². The molecule has 1 aromatic heterocycles. The third kappa shape index (κ3) is 3.89. The Hall–Kier alpha value is -4.31. The Morgan fingerprint density at radius 1 is 1.08 bits per heavy atom. The number of anilines is 1. The molecule has 37 heavy (non-hydrogen) atoms. The molecule has 0 aliphatic carbocycles. The van der Waals surface area contributed by atoms with Crippen LogP contribution in [0.15, 0.2) is 69.6 Å². The van der Waals surface area contributed by atoms with Crippen molar-refractivity contribution in [1.82, 2.24) is 4.57 Å². The number of likely N-dealkylation sites (N-methyl/N-ethyl adjacent to an activating group) is 1. The lowest BCUT2D eigenvalue weighted by Crippen LogP contribution is -2.40. The molecule has 188 valence electrons. The van der Waals surface area contributed by atoms with Crippen molar-refractivity contribution in [3.05, 3.63) is 90.6 Å². The summed E-state index contributed by atoms with van der Waals surface area (Å²) in [6, 6.07) is 13.1. The number of allylic oxidation sites excluding steroid dienone is 1. The van der Waals surface area contributed by atoms with Crippen molar-refractivity contribution in [2.24, 2.45) is 4.99 Å². The predicted octanol–water partition coefficient (Wildman–Crippen LogP) is 2.07. The molecule has 9 nitrogen and oxygen atoms in total. The lowest BCUT2D eigenvalue weighted by molar-refractivity contribution is -0.136. The van der Waals surface area contributed by atoms with Crippen molar-refractivity contribution in [1.29, 1.82) is 0 Å². The summed E-state index contributed by atoms with van der Waals surface area (Å²) in [6.45, 7) is 5.32. The number of carbonyl (C=O) groups excluding carboxylic acids is 3. The molecule has 2 aromatic carbocycles. The number of benzene rings is 2. The van der Waals surface area contributed by atoms with Gasteiger partial charge in [0, 0.05) is 19.0 Å². The minimum absolute atomic E-state index is 0.208. The van der Waals surface area contributed by atoms with Crippen LogP contribution in [0.1, 0.15) is 37.9 Å². The van der Waals surface area contributed by atoms with Crippen LogP contribution in [0.2, 0.25) is 0 Å². The van der Waals surface area contributed by atoms with Gasteiger partial charge in [0.1, 0.15) is 10.3 Å². The number of thiazole rings is 1. The van der Waals surface area contributed by atoms with Crippen LogP contribution < -0.4 is 24.5 Å². The van der Waals surface area contributed by atoms with E-state index in [0.29, 0.717) is 39.5 Å². The SMILES string of the molecule is CCN1C(=O)/C(=c2\sc3n(c2=O)[C@@H](c2ccc(OC(C)=O)cc2)C(C(=O)OC)=C(C)N=3)c2ccccc21. The molecule has 0 saturated carbocycles. The molecule has 0 radical (unpaired) electrons. The molecule has 0 bridgehead atoms. The van der Waals surface area contributed by atoms with Crippen LogP contribution in [-0.4, -0.2) is 36.1 Å². The standard InChI is InChI=1S/C27H23N3O6S/c1-5-29-19-9-7-6-8-18(19)21(24(29)32)23-25(33)30-22(16-10-12-17(13-11-16)36-15(3)31)20(26(34)35-4)14(2)28-27(30)37-23/h6-13,22H,5H2,1-4H3/b23-21-/t22-/m0/s1. The van der Waals surface area contributed by atoms with Gasteiger partial charge in [-0.2, -0.15) is 0 Å². The molecule has 0 fully saturated rings. The van der Waals surface area contributed by atoms with Crippen LogP contribution in [-0.2, 0) is 19.1 Å². The fraction of sp³-hybridized carbons (Fsp3) is 0.222. The molecule has 1 atom stereocenters. The van der Waals surface area contributed by atoms with E-state index < -0.39 is 23.5 Å². The van der Waals surface area contributed by atoms with E-state index in [9.17, 15) is 19.2 Å². The highest BCUT2D eigenvalue weighted by Crippen LogP contribution is 2.35. The molecule has 3 heterocycles. The highest BCUT2D eigenvalue weighted by atomic mass is 32.1. The molecular formula is C27H23N3O6S. The van der Waals surface area contributed by atoms with Crippen molar-refractivity contribution in [3.63, 3.8) is 0 Å². The third-order valence-corrected chi connectivity index (χ3v) is 7.38. The number of esters is 2. The Morgan fingerprint density at radius 2 is 1.78 bits per heavy atom. The van der Waals surface area contributed by atoms with Gasteiger partial charge >= 0.3 is 11.9 Å². The first-order valence-corrected chi connectivity index (χ1v) is 12.4. The quantitative estimate of drug-likeness (QED) is 0.387. The van der Waals surface area contributed by atoms with Gasteiger partial charge in [0.15, 0.2) is 4.80 Å². The molecule has 10 heteroatoms. The van der Waals surface area contributed by atoms with Gasteiger partial charge in [-0.25, -0.2) is 9.79 Å². The number of nitrogens with zero attached hydrogens (tertiary/aromatic N) is 3. The van der Waals surface area contributed by atoms with Gasteiger partial charge in [0.25, 0.3) is 11.5 Å². The molecule has 3 aromatic rings. The average Bonchev–Trinajstić information content (AvgIpc) is 3.34. The Bertz CT molecular complexity index is 1680. The van der Waals surface area contributed by atoms with Crippen LogP contribution in [0.25, 0.3) is 5.57 Å². The van der Waals surface area contributed by atoms with Gasteiger partial charge in [-0.05, 0) is 37.6 Å². The Morgan fingerprint density at radius 3 is 2.43 bits per heavy atom. The molecule has 1 amide bonds. The lowest BCUT2D eigenvalue weighted by Gasteiger charge is -2.24. The Kier molecular flexibility index (Phi) is 6.12. The fourth-order valence-electron chi connectivity index (χ4n) is 4.76. The van der Waals surface area contributed by atoms with E-state index in [1.165, 1.54) is 18.6 Å². The monoisotopic (exact) mass is 517 g/mol. The zero-order chi connectivity index (χ0) is 26.4. The van der Waals surface area contributed by atoms with Crippen molar-refractivity contribution < 1.29 is 23.9 Å². The number of aromatic nitrogens is 1. The molecule has 0 N–H and O–H groups in total. The summed E-state index contributed by atoms with van der Waals surface area (Å²) >= 11 is 1.12. The summed E-state index contributed by atoms with van der Waals surface area (Å²) < 4.78 is 11.9. The van der Waals surface area contributed by atoms with Crippen LogP contribution in [0, 0.1) is 0 Å². The van der Waals surface area contributed by atoms with E-state index in [1.54, 1.807) is 36.1 Å².